The van der Waals surface area contributed by atoms with Gasteiger partial charge in [0.05, 0.1) is 11.6 Å². The van der Waals surface area contributed by atoms with Crippen LogP contribution in [-0.4, -0.2) is 34.1 Å². The molecular weight excluding hydrogens is 418 g/mol. The number of hydrogen-bond acceptors (Lipinski definition) is 6. The predicted molar refractivity (Wildman–Crippen MR) is 88.6 cm³/mol. The normalized spacial score (nSPS) is 13.2. The Kier molecular flexibility index (Phi) is 6.44. The Bertz CT molecular complexity index is 831. The van der Waals surface area contributed by atoms with Crippen molar-refractivity contribution < 1.29 is 36.2 Å². The molecule has 154 valence electrons. The maximum Gasteiger partial charge on any atom is 0.573 e. The van der Waals surface area contributed by atoms with Crippen LogP contribution in [0.3, 0.4) is 0 Å². The van der Waals surface area contributed by atoms with Crippen LogP contribution in [0.25, 0.3) is 0 Å². The SMILES string of the molecule is C[C@@H](CO)Nc1nc(Nc2ccc(OC(F)(F)F)c(Cl)c2)cc(C(F)(F)F)n1. The fourth-order valence-electron chi connectivity index (χ4n) is 1.92. The van der Waals surface area contributed by atoms with Gasteiger partial charge in [-0.3, -0.25) is 0 Å². The van der Waals surface area contributed by atoms with Gasteiger partial charge in [-0.15, -0.1) is 13.2 Å². The molecule has 2 aromatic rings. The van der Waals surface area contributed by atoms with Crippen molar-refractivity contribution in [2.24, 2.45) is 0 Å². The van der Waals surface area contributed by atoms with Crippen molar-refractivity contribution in [1.29, 1.82) is 0 Å². The summed E-state index contributed by atoms with van der Waals surface area (Å²) in [6.45, 7) is 1.12. The molecule has 1 aromatic heterocycles. The minimum Gasteiger partial charge on any atom is -0.404 e. The lowest BCUT2D eigenvalue weighted by Gasteiger charge is -2.16. The minimum atomic E-state index is -4.95. The molecule has 0 fully saturated rings. The second-order valence-corrected chi connectivity index (χ2v) is 5.91. The second kappa shape index (κ2) is 8.27. The van der Waals surface area contributed by atoms with E-state index in [-0.39, 0.29) is 18.1 Å². The first-order valence-electron chi connectivity index (χ1n) is 7.53. The van der Waals surface area contributed by atoms with Crippen molar-refractivity contribution in [1.82, 2.24) is 9.97 Å². The molecule has 0 spiro atoms. The van der Waals surface area contributed by atoms with Gasteiger partial charge in [0.2, 0.25) is 5.95 Å². The maximum absolute atomic E-state index is 13.0. The number of aliphatic hydroxyl groups is 1. The molecular formula is C15H13ClF6N4O2. The molecule has 1 atom stereocenters. The van der Waals surface area contributed by atoms with E-state index in [0.29, 0.717) is 6.07 Å². The highest BCUT2D eigenvalue weighted by molar-refractivity contribution is 6.32. The van der Waals surface area contributed by atoms with Crippen LogP contribution in [-0.2, 0) is 6.18 Å². The van der Waals surface area contributed by atoms with Crippen LogP contribution in [0.1, 0.15) is 12.6 Å². The standard InChI is InChI=1S/C15H13ClF6N4O2/c1-7(6-27)23-13-25-11(14(17,18)19)5-12(26-13)24-8-2-3-10(9(16)4-8)28-15(20,21)22/h2-5,7,27H,6H2,1H3,(H2,23,24,25,26)/t7-/m0/s1. The van der Waals surface area contributed by atoms with Crippen molar-refractivity contribution in [3.05, 3.63) is 35.0 Å². The number of aromatic nitrogens is 2. The largest absolute Gasteiger partial charge is 0.573 e. The van der Waals surface area contributed by atoms with Gasteiger partial charge in [0, 0.05) is 17.8 Å². The lowest BCUT2D eigenvalue weighted by Crippen LogP contribution is -2.22. The average Bonchev–Trinajstić information content (AvgIpc) is 2.55. The van der Waals surface area contributed by atoms with Crippen molar-refractivity contribution in [3.63, 3.8) is 0 Å². The summed E-state index contributed by atoms with van der Waals surface area (Å²) in [6, 6.07) is 3.04. The summed E-state index contributed by atoms with van der Waals surface area (Å²) in [5, 5.41) is 13.6. The van der Waals surface area contributed by atoms with Crippen molar-refractivity contribution in [3.8, 4) is 5.75 Å². The van der Waals surface area contributed by atoms with E-state index in [1.54, 1.807) is 0 Å². The number of rotatable bonds is 6. The molecule has 6 nitrogen and oxygen atoms in total. The number of hydrogen-bond donors (Lipinski definition) is 3. The Balaban J connectivity index is 2.31. The predicted octanol–water partition coefficient (Wildman–Crippen LogP) is 4.58. The first kappa shape index (κ1) is 21.8. The van der Waals surface area contributed by atoms with Crippen molar-refractivity contribution in [2.45, 2.75) is 25.5 Å². The molecule has 0 aliphatic carbocycles. The first-order chi connectivity index (χ1) is 12.9. The molecule has 0 amide bonds. The molecule has 28 heavy (non-hydrogen) atoms. The lowest BCUT2D eigenvalue weighted by molar-refractivity contribution is -0.274. The fourth-order valence-corrected chi connectivity index (χ4v) is 2.14. The Morgan fingerprint density at radius 3 is 2.36 bits per heavy atom. The molecule has 0 saturated heterocycles. The van der Waals surface area contributed by atoms with Crippen molar-refractivity contribution in [2.75, 3.05) is 17.2 Å². The molecule has 0 aliphatic rings. The van der Waals surface area contributed by atoms with E-state index < -0.39 is 41.0 Å². The van der Waals surface area contributed by atoms with E-state index in [1.165, 1.54) is 6.92 Å². The van der Waals surface area contributed by atoms with E-state index in [1.807, 2.05) is 0 Å². The lowest BCUT2D eigenvalue weighted by atomic mass is 10.3. The van der Waals surface area contributed by atoms with Gasteiger partial charge < -0.3 is 20.5 Å². The Hall–Kier alpha value is -2.47. The molecule has 0 unspecified atom stereocenters. The number of anilines is 3. The Labute approximate surface area is 159 Å². The highest BCUT2D eigenvalue weighted by atomic mass is 35.5. The molecule has 1 heterocycles. The van der Waals surface area contributed by atoms with Gasteiger partial charge in [-0.25, -0.2) is 4.98 Å². The smallest absolute Gasteiger partial charge is 0.404 e. The van der Waals surface area contributed by atoms with Gasteiger partial charge in [0.1, 0.15) is 11.6 Å². The summed E-state index contributed by atoms with van der Waals surface area (Å²) in [7, 11) is 0. The zero-order valence-electron chi connectivity index (χ0n) is 14.0. The topological polar surface area (TPSA) is 79.3 Å². The number of halogens is 7. The minimum absolute atomic E-state index is 0.0625. The van der Waals surface area contributed by atoms with Crippen LogP contribution >= 0.6 is 11.6 Å². The number of ether oxygens (including phenoxy) is 1. The molecule has 0 aliphatic heterocycles. The Morgan fingerprint density at radius 1 is 1.14 bits per heavy atom. The number of aliphatic hydroxyl groups excluding tert-OH is 1. The highest BCUT2D eigenvalue weighted by Gasteiger charge is 2.34. The van der Waals surface area contributed by atoms with Crippen LogP contribution in [0.4, 0.5) is 43.8 Å². The zero-order chi connectivity index (χ0) is 21.1. The van der Waals surface area contributed by atoms with E-state index >= 15 is 0 Å². The van der Waals surface area contributed by atoms with Gasteiger partial charge in [0.25, 0.3) is 0 Å². The molecule has 2 rings (SSSR count). The zero-order valence-corrected chi connectivity index (χ0v) is 14.7. The molecule has 0 radical (unpaired) electrons. The fraction of sp³-hybridized carbons (Fsp3) is 0.333. The summed E-state index contributed by atoms with van der Waals surface area (Å²) in [6.07, 6.45) is -9.73. The van der Waals surface area contributed by atoms with Gasteiger partial charge >= 0.3 is 12.5 Å². The van der Waals surface area contributed by atoms with E-state index in [2.05, 4.69) is 25.3 Å². The third-order valence-electron chi connectivity index (χ3n) is 3.10. The van der Waals surface area contributed by atoms with E-state index in [9.17, 15) is 26.3 Å². The van der Waals surface area contributed by atoms with Gasteiger partial charge in [-0.1, -0.05) is 11.6 Å². The van der Waals surface area contributed by atoms with Crippen LogP contribution in [0.15, 0.2) is 24.3 Å². The van der Waals surface area contributed by atoms with Crippen LogP contribution in [0.5, 0.6) is 5.75 Å². The van der Waals surface area contributed by atoms with E-state index in [4.69, 9.17) is 16.7 Å². The van der Waals surface area contributed by atoms with Gasteiger partial charge in [-0.2, -0.15) is 18.2 Å². The number of nitrogens with zero attached hydrogens (tertiary/aromatic N) is 2. The van der Waals surface area contributed by atoms with Crippen LogP contribution in [0.2, 0.25) is 5.02 Å². The molecule has 0 bridgehead atoms. The summed E-state index contributed by atoms with van der Waals surface area (Å²) in [5.74, 6) is -1.37. The maximum atomic E-state index is 13.0. The van der Waals surface area contributed by atoms with Crippen LogP contribution < -0.4 is 15.4 Å². The Morgan fingerprint density at radius 2 is 1.82 bits per heavy atom. The molecule has 3 N–H and O–H groups in total. The number of nitrogens with one attached hydrogen (secondary N) is 2. The molecule has 0 saturated carbocycles. The average molecular weight is 431 g/mol. The number of alkyl halides is 6. The highest BCUT2D eigenvalue weighted by Crippen LogP contribution is 2.34. The monoisotopic (exact) mass is 430 g/mol. The second-order valence-electron chi connectivity index (χ2n) is 5.51. The summed E-state index contributed by atoms with van der Waals surface area (Å²) in [4.78, 5) is 7.18. The third kappa shape index (κ3) is 6.30. The van der Waals surface area contributed by atoms with Gasteiger partial charge in [0.15, 0.2) is 5.69 Å². The van der Waals surface area contributed by atoms with Crippen molar-refractivity contribution >= 4 is 29.1 Å². The summed E-state index contributed by atoms with van der Waals surface area (Å²) < 4.78 is 79.6. The third-order valence-corrected chi connectivity index (χ3v) is 3.39. The molecule has 1 aromatic carbocycles. The number of benzene rings is 1. The van der Waals surface area contributed by atoms with Crippen LogP contribution in [0, 0.1) is 0 Å². The quantitative estimate of drug-likeness (QED) is 0.582. The summed E-state index contributed by atoms with van der Waals surface area (Å²) >= 11 is 5.71. The van der Waals surface area contributed by atoms with E-state index in [0.717, 1.165) is 18.2 Å². The summed E-state index contributed by atoms with van der Waals surface area (Å²) in [5.41, 5.74) is -1.20. The first-order valence-corrected chi connectivity index (χ1v) is 7.91. The van der Waals surface area contributed by atoms with Gasteiger partial charge in [-0.05, 0) is 25.1 Å². The molecule has 13 heteroatoms.